The minimum Gasteiger partial charge on any atom is -0.437 e. The molecule has 0 saturated carbocycles. The van der Waals surface area contributed by atoms with E-state index in [1.807, 2.05) is 0 Å². The SMILES string of the molecule is [CH]=CC=COC(=O)OC. The second kappa shape index (κ2) is 4.90. The van der Waals surface area contributed by atoms with E-state index in [9.17, 15) is 4.79 Å². The van der Waals surface area contributed by atoms with Crippen LogP contribution in [-0.2, 0) is 9.47 Å². The summed E-state index contributed by atoms with van der Waals surface area (Å²) in [5.41, 5.74) is 0. The number of ether oxygens (including phenoxy) is 2. The van der Waals surface area contributed by atoms with Gasteiger partial charge in [0.25, 0.3) is 0 Å². The zero-order valence-electron chi connectivity index (χ0n) is 5.03. The molecule has 3 nitrogen and oxygen atoms in total. The lowest BCUT2D eigenvalue weighted by molar-refractivity contribution is 0.106. The van der Waals surface area contributed by atoms with Crippen molar-refractivity contribution in [2.45, 2.75) is 0 Å². The Morgan fingerprint density at radius 2 is 2.33 bits per heavy atom. The fraction of sp³-hybridized carbons (Fsp3) is 0.167. The summed E-state index contributed by atoms with van der Waals surface area (Å²) in [7, 11) is 1.22. The van der Waals surface area contributed by atoms with E-state index in [4.69, 9.17) is 6.58 Å². The van der Waals surface area contributed by atoms with Gasteiger partial charge in [-0.15, -0.1) is 0 Å². The van der Waals surface area contributed by atoms with Gasteiger partial charge in [-0.3, -0.25) is 0 Å². The van der Waals surface area contributed by atoms with Crippen LogP contribution >= 0.6 is 0 Å². The van der Waals surface area contributed by atoms with E-state index in [0.29, 0.717) is 0 Å². The third-order valence-electron chi connectivity index (χ3n) is 0.521. The molecule has 0 aliphatic rings. The third-order valence-corrected chi connectivity index (χ3v) is 0.521. The lowest BCUT2D eigenvalue weighted by atomic mass is 10.6. The molecule has 1 radical (unpaired) electrons. The van der Waals surface area contributed by atoms with E-state index in [1.165, 1.54) is 19.3 Å². The van der Waals surface area contributed by atoms with Crippen molar-refractivity contribution in [2.24, 2.45) is 0 Å². The zero-order valence-corrected chi connectivity index (χ0v) is 5.03. The first-order valence-corrected chi connectivity index (χ1v) is 2.26. The van der Waals surface area contributed by atoms with Crippen molar-refractivity contribution >= 4 is 6.16 Å². The lowest BCUT2D eigenvalue weighted by Crippen LogP contribution is -1.97. The molecule has 0 aliphatic heterocycles. The van der Waals surface area contributed by atoms with Crippen LogP contribution in [0, 0.1) is 6.58 Å². The van der Waals surface area contributed by atoms with Crippen molar-refractivity contribution in [1.82, 2.24) is 0 Å². The Morgan fingerprint density at radius 1 is 1.67 bits per heavy atom. The van der Waals surface area contributed by atoms with E-state index in [2.05, 4.69) is 9.47 Å². The first kappa shape index (κ1) is 7.75. The Labute approximate surface area is 53.6 Å². The molecule has 0 saturated heterocycles. The predicted octanol–water partition coefficient (Wildman–Crippen LogP) is 1.27. The predicted molar refractivity (Wildman–Crippen MR) is 31.5 cm³/mol. The maximum Gasteiger partial charge on any atom is 0.512 e. The van der Waals surface area contributed by atoms with Crippen LogP contribution in [0.1, 0.15) is 0 Å². The van der Waals surface area contributed by atoms with Gasteiger partial charge in [-0.1, -0.05) is 12.7 Å². The quantitative estimate of drug-likeness (QED) is 0.318. The molecular formula is C6H7O3. The molecule has 0 aromatic carbocycles. The van der Waals surface area contributed by atoms with E-state index in [-0.39, 0.29) is 0 Å². The van der Waals surface area contributed by atoms with Crippen LogP contribution in [0.2, 0.25) is 0 Å². The summed E-state index contributed by atoms with van der Waals surface area (Å²) in [6.07, 6.45) is 2.99. The topological polar surface area (TPSA) is 35.5 Å². The van der Waals surface area contributed by atoms with Gasteiger partial charge in [-0.25, -0.2) is 4.79 Å². The number of carbonyl (C=O) groups excluding carboxylic acids is 1. The normalized spacial score (nSPS) is 9.00. The summed E-state index contributed by atoms with van der Waals surface area (Å²) in [6, 6.07) is 0. The van der Waals surface area contributed by atoms with Gasteiger partial charge in [-0.2, -0.15) is 0 Å². The molecule has 49 valence electrons. The number of rotatable bonds is 2. The van der Waals surface area contributed by atoms with Crippen LogP contribution in [0.15, 0.2) is 18.4 Å². The highest BCUT2D eigenvalue weighted by Crippen LogP contribution is 1.82. The second-order valence-corrected chi connectivity index (χ2v) is 1.09. The Morgan fingerprint density at radius 3 is 2.78 bits per heavy atom. The van der Waals surface area contributed by atoms with Crippen LogP contribution in [0.25, 0.3) is 0 Å². The summed E-state index contributed by atoms with van der Waals surface area (Å²) >= 11 is 0. The summed E-state index contributed by atoms with van der Waals surface area (Å²) in [6.45, 7) is 4.91. The van der Waals surface area contributed by atoms with Crippen LogP contribution in [0.5, 0.6) is 0 Å². The van der Waals surface area contributed by atoms with E-state index >= 15 is 0 Å². The molecule has 0 fully saturated rings. The number of methoxy groups -OCH3 is 1. The molecule has 0 atom stereocenters. The number of carbonyl (C=O) groups is 1. The molecule has 0 N–H and O–H groups in total. The van der Waals surface area contributed by atoms with Crippen molar-refractivity contribution < 1.29 is 14.3 Å². The Hall–Kier alpha value is -1.25. The van der Waals surface area contributed by atoms with Gasteiger partial charge in [0.05, 0.1) is 13.4 Å². The largest absolute Gasteiger partial charge is 0.512 e. The summed E-state index contributed by atoms with van der Waals surface area (Å²) in [4.78, 5) is 10.1. The molecule has 0 unspecified atom stereocenters. The first-order chi connectivity index (χ1) is 4.31. The zero-order chi connectivity index (χ0) is 7.11. The van der Waals surface area contributed by atoms with Crippen LogP contribution < -0.4 is 0 Å². The van der Waals surface area contributed by atoms with Crippen molar-refractivity contribution in [1.29, 1.82) is 0 Å². The van der Waals surface area contributed by atoms with E-state index in [0.717, 1.165) is 6.26 Å². The number of hydrogen-bond donors (Lipinski definition) is 0. The highest BCUT2D eigenvalue weighted by Gasteiger charge is 1.92. The Bertz CT molecular complexity index is 126. The average molecular weight is 127 g/mol. The lowest BCUT2D eigenvalue weighted by Gasteiger charge is -1.92. The smallest absolute Gasteiger partial charge is 0.437 e. The van der Waals surface area contributed by atoms with Gasteiger partial charge >= 0.3 is 6.16 Å². The van der Waals surface area contributed by atoms with Crippen molar-refractivity contribution in [3.8, 4) is 0 Å². The van der Waals surface area contributed by atoms with Crippen molar-refractivity contribution in [2.75, 3.05) is 7.11 Å². The maximum atomic E-state index is 10.1. The van der Waals surface area contributed by atoms with Gasteiger partial charge in [0.15, 0.2) is 0 Å². The Kier molecular flexibility index (Phi) is 4.22. The molecule has 0 aromatic heterocycles. The standard InChI is InChI=1S/C6H7O3/c1-3-4-5-9-6(7)8-2/h1,3-5H,2H3. The van der Waals surface area contributed by atoms with Crippen molar-refractivity contribution in [3.05, 3.63) is 25.0 Å². The molecule has 0 amide bonds. The molecule has 0 aromatic rings. The van der Waals surface area contributed by atoms with Crippen LogP contribution in [0.3, 0.4) is 0 Å². The van der Waals surface area contributed by atoms with Crippen LogP contribution in [-0.4, -0.2) is 13.3 Å². The van der Waals surface area contributed by atoms with Crippen molar-refractivity contribution in [3.63, 3.8) is 0 Å². The second-order valence-electron chi connectivity index (χ2n) is 1.09. The van der Waals surface area contributed by atoms with Gasteiger partial charge in [-0.05, 0) is 6.08 Å². The fourth-order valence-electron chi connectivity index (χ4n) is 0.188. The minimum absolute atomic E-state index is 0.756. The number of hydrogen-bond acceptors (Lipinski definition) is 3. The number of allylic oxidation sites excluding steroid dienone is 2. The average Bonchev–Trinajstić information content (AvgIpc) is 1.89. The molecule has 0 aliphatic carbocycles. The first-order valence-electron chi connectivity index (χ1n) is 2.26. The molecule has 0 rings (SSSR count). The fourth-order valence-corrected chi connectivity index (χ4v) is 0.188. The highest BCUT2D eigenvalue weighted by atomic mass is 16.7. The summed E-state index contributed by atoms with van der Waals surface area (Å²) in [5.74, 6) is 0. The van der Waals surface area contributed by atoms with Gasteiger partial charge in [0, 0.05) is 0 Å². The minimum atomic E-state index is -0.756. The maximum absolute atomic E-state index is 10.1. The van der Waals surface area contributed by atoms with Gasteiger partial charge in [0.1, 0.15) is 0 Å². The summed E-state index contributed by atoms with van der Waals surface area (Å²) in [5, 5.41) is 0. The monoisotopic (exact) mass is 127 g/mol. The molecule has 0 heterocycles. The summed E-state index contributed by atoms with van der Waals surface area (Å²) < 4.78 is 8.41. The molecule has 0 spiro atoms. The van der Waals surface area contributed by atoms with Crippen LogP contribution in [0.4, 0.5) is 4.79 Å². The molecule has 0 bridgehead atoms. The van der Waals surface area contributed by atoms with Gasteiger partial charge < -0.3 is 9.47 Å². The molecule has 3 heteroatoms. The molecule has 9 heavy (non-hydrogen) atoms. The van der Waals surface area contributed by atoms with Gasteiger partial charge in [0.2, 0.25) is 0 Å². The Balaban J connectivity index is 3.37. The third kappa shape index (κ3) is 4.61. The highest BCUT2D eigenvalue weighted by molar-refractivity contribution is 5.60. The van der Waals surface area contributed by atoms with E-state index < -0.39 is 6.16 Å². The van der Waals surface area contributed by atoms with E-state index in [1.54, 1.807) is 0 Å². The molecular weight excluding hydrogens is 120 g/mol.